The zero-order valence-corrected chi connectivity index (χ0v) is 30.8. The fourth-order valence-corrected chi connectivity index (χ4v) is 5.59. The second-order valence-corrected chi connectivity index (χ2v) is 14.2. The van der Waals surface area contributed by atoms with Crippen molar-refractivity contribution in [3.8, 4) is 0 Å². The third-order valence-electron chi connectivity index (χ3n) is 8.67. The minimum atomic E-state index is -1.55. The van der Waals surface area contributed by atoms with Crippen LogP contribution in [0.1, 0.15) is 120 Å². The molecule has 1 aliphatic rings. The quantitative estimate of drug-likeness (QED) is 0.104. The van der Waals surface area contributed by atoms with E-state index >= 15 is 0 Å². The highest BCUT2D eigenvalue weighted by Gasteiger charge is 2.37. The largest absolute Gasteiger partial charge is 0.460 e. The molecule has 49 heavy (non-hydrogen) atoms. The highest BCUT2D eigenvalue weighted by molar-refractivity contribution is 5.96. The minimum Gasteiger partial charge on any atom is -0.460 e. The lowest BCUT2D eigenvalue weighted by atomic mass is 9.97. The Balaban J connectivity index is 3.64. The normalized spacial score (nSPS) is 26.7. The van der Waals surface area contributed by atoms with Crippen molar-refractivity contribution >= 4 is 35.5 Å². The number of ether oxygens (including phenoxy) is 1. The summed E-state index contributed by atoms with van der Waals surface area (Å²) in [4.78, 5) is 80.8. The van der Waals surface area contributed by atoms with Crippen LogP contribution in [0, 0.1) is 17.8 Å². The van der Waals surface area contributed by atoms with E-state index in [9.17, 15) is 39.0 Å². The van der Waals surface area contributed by atoms with Gasteiger partial charge in [-0.3, -0.25) is 24.0 Å². The van der Waals surface area contributed by atoms with Crippen molar-refractivity contribution in [3.05, 3.63) is 0 Å². The van der Waals surface area contributed by atoms with Crippen LogP contribution in [0.25, 0.3) is 0 Å². The van der Waals surface area contributed by atoms with Crippen LogP contribution in [0.3, 0.4) is 0 Å². The van der Waals surface area contributed by atoms with Gasteiger partial charge in [0.2, 0.25) is 29.5 Å². The number of hydrogen-bond acceptors (Lipinski definition) is 9. The standard InChI is InChI=1S/C35H63N5O9/c1-9-11-12-13-14-15-24-18-28(43)36-25(16-20(3)4)31(44)38-27(19-41)33(46)40-30(23(8)42)34(47)37-26(17-21(5)6)32(45)39-29(22(7)10-2)35(48)49-24/h20-27,29-30,41-42H,9-19H2,1-8H3,(H,36,43)(H,37,47)(H,38,44)(H,39,45)(H,40,46)/t22-,23+,24?,25+,26+,27-,29-,30-/m0/s1. The molecule has 0 spiro atoms. The molecular weight excluding hydrogens is 634 g/mol. The van der Waals surface area contributed by atoms with Gasteiger partial charge in [-0.2, -0.15) is 0 Å². The van der Waals surface area contributed by atoms with Crippen LogP contribution in [0.2, 0.25) is 0 Å². The molecule has 1 rings (SSSR count). The van der Waals surface area contributed by atoms with Gasteiger partial charge in [0.1, 0.15) is 36.3 Å². The number of cyclic esters (lactones) is 1. The molecule has 0 aromatic heterocycles. The summed E-state index contributed by atoms with van der Waals surface area (Å²) in [6.07, 6.45) is 3.46. The van der Waals surface area contributed by atoms with E-state index in [4.69, 9.17) is 4.74 Å². The number of aliphatic hydroxyl groups is 2. The number of amides is 5. The number of carbonyl (C=O) groups is 6. The summed E-state index contributed by atoms with van der Waals surface area (Å²) in [5.74, 6) is -4.94. The first-order chi connectivity index (χ1) is 23.0. The molecule has 14 nitrogen and oxygen atoms in total. The van der Waals surface area contributed by atoms with Gasteiger partial charge in [-0.1, -0.05) is 80.6 Å². The molecule has 0 radical (unpaired) electrons. The average Bonchev–Trinajstić information content (AvgIpc) is 3.02. The van der Waals surface area contributed by atoms with Gasteiger partial charge in [0, 0.05) is 0 Å². The Morgan fingerprint density at radius 2 is 1.18 bits per heavy atom. The molecule has 1 heterocycles. The van der Waals surface area contributed by atoms with Crippen molar-refractivity contribution in [2.75, 3.05) is 6.61 Å². The number of hydrogen-bond donors (Lipinski definition) is 7. The van der Waals surface area contributed by atoms with Crippen molar-refractivity contribution in [3.63, 3.8) is 0 Å². The minimum absolute atomic E-state index is 0.0479. The number of carbonyl (C=O) groups excluding carboxylic acids is 6. The van der Waals surface area contributed by atoms with E-state index < -0.39 is 84.5 Å². The molecule has 0 bridgehead atoms. The van der Waals surface area contributed by atoms with E-state index in [1.54, 1.807) is 6.92 Å². The van der Waals surface area contributed by atoms with Gasteiger partial charge in [0.25, 0.3) is 0 Å². The highest BCUT2D eigenvalue weighted by Crippen LogP contribution is 2.18. The molecule has 14 heteroatoms. The van der Waals surface area contributed by atoms with Crippen LogP contribution < -0.4 is 26.6 Å². The maximum absolute atomic E-state index is 13.7. The molecule has 0 aromatic carbocycles. The van der Waals surface area contributed by atoms with Gasteiger partial charge in [-0.25, -0.2) is 4.79 Å². The average molecular weight is 698 g/mol. The molecule has 1 unspecified atom stereocenters. The topological polar surface area (TPSA) is 212 Å². The maximum Gasteiger partial charge on any atom is 0.329 e. The Labute approximate surface area is 292 Å². The first-order valence-electron chi connectivity index (χ1n) is 18.0. The van der Waals surface area contributed by atoms with Crippen molar-refractivity contribution in [1.82, 2.24) is 26.6 Å². The Kier molecular flexibility index (Phi) is 20.1. The predicted octanol–water partition coefficient (Wildman–Crippen LogP) is 1.60. The Hall–Kier alpha value is -3.26. The Bertz CT molecular complexity index is 1080. The molecule has 0 aromatic rings. The molecule has 8 atom stereocenters. The summed E-state index contributed by atoms with van der Waals surface area (Å²) in [5.41, 5.74) is 0. The number of aliphatic hydroxyl groups excluding tert-OH is 2. The monoisotopic (exact) mass is 697 g/mol. The van der Waals surface area contributed by atoms with Gasteiger partial charge in [0.05, 0.1) is 19.1 Å². The van der Waals surface area contributed by atoms with E-state index in [2.05, 4.69) is 33.5 Å². The lowest BCUT2D eigenvalue weighted by Crippen LogP contribution is -2.62. The SMILES string of the molecule is CCCCCCCC1CC(=O)N[C@H](CC(C)C)C(=O)N[C@@H](CO)C(=O)N[C@@H]([C@@H](C)O)C(=O)N[C@H](CC(C)C)C(=O)N[C@@H]([C@@H](C)CC)C(=O)O1. The van der Waals surface area contributed by atoms with Gasteiger partial charge >= 0.3 is 5.97 Å². The van der Waals surface area contributed by atoms with Crippen molar-refractivity contribution in [1.29, 1.82) is 0 Å². The van der Waals surface area contributed by atoms with Crippen LogP contribution in [0.5, 0.6) is 0 Å². The molecule has 1 aliphatic heterocycles. The summed E-state index contributed by atoms with van der Waals surface area (Å²) in [6, 6.07) is -6.39. The zero-order chi connectivity index (χ0) is 37.3. The summed E-state index contributed by atoms with van der Waals surface area (Å²) < 4.78 is 5.93. The summed E-state index contributed by atoms with van der Waals surface area (Å²) in [7, 11) is 0. The van der Waals surface area contributed by atoms with Gasteiger partial charge in [-0.05, 0) is 50.4 Å². The molecule has 282 valence electrons. The predicted molar refractivity (Wildman–Crippen MR) is 185 cm³/mol. The van der Waals surface area contributed by atoms with Crippen molar-refractivity contribution < 1.29 is 43.7 Å². The smallest absolute Gasteiger partial charge is 0.329 e. The van der Waals surface area contributed by atoms with Gasteiger partial charge in [0.15, 0.2) is 0 Å². The Morgan fingerprint density at radius 1 is 0.673 bits per heavy atom. The summed E-state index contributed by atoms with van der Waals surface area (Å²) in [6.45, 7) is 13.6. The van der Waals surface area contributed by atoms with E-state index in [0.717, 1.165) is 25.7 Å². The highest BCUT2D eigenvalue weighted by atomic mass is 16.5. The third kappa shape index (κ3) is 15.9. The van der Waals surface area contributed by atoms with Gasteiger partial charge in [-0.15, -0.1) is 0 Å². The van der Waals surface area contributed by atoms with Crippen LogP contribution in [0.4, 0.5) is 0 Å². The summed E-state index contributed by atoms with van der Waals surface area (Å²) >= 11 is 0. The molecule has 0 aliphatic carbocycles. The zero-order valence-electron chi connectivity index (χ0n) is 30.8. The van der Waals surface area contributed by atoms with Crippen LogP contribution >= 0.6 is 0 Å². The van der Waals surface area contributed by atoms with E-state index in [0.29, 0.717) is 19.3 Å². The first-order valence-corrected chi connectivity index (χ1v) is 18.0. The number of unbranched alkanes of at least 4 members (excludes halogenated alkanes) is 4. The first kappa shape index (κ1) is 43.8. The van der Waals surface area contributed by atoms with Crippen molar-refractivity contribution in [2.45, 2.75) is 162 Å². The fraction of sp³-hybridized carbons (Fsp3) is 0.829. The Morgan fingerprint density at radius 3 is 1.71 bits per heavy atom. The van der Waals surface area contributed by atoms with Gasteiger partial charge < -0.3 is 41.5 Å². The van der Waals surface area contributed by atoms with E-state index in [-0.39, 0.29) is 37.0 Å². The lowest BCUT2D eigenvalue weighted by Gasteiger charge is -2.29. The van der Waals surface area contributed by atoms with E-state index in [1.807, 2.05) is 34.6 Å². The van der Waals surface area contributed by atoms with Crippen LogP contribution in [-0.4, -0.2) is 94.7 Å². The third-order valence-corrected chi connectivity index (χ3v) is 8.67. The lowest BCUT2D eigenvalue weighted by molar-refractivity contribution is -0.156. The molecule has 1 saturated heterocycles. The van der Waals surface area contributed by atoms with Crippen LogP contribution in [-0.2, 0) is 33.5 Å². The van der Waals surface area contributed by atoms with E-state index in [1.165, 1.54) is 6.92 Å². The maximum atomic E-state index is 13.7. The van der Waals surface area contributed by atoms with Crippen LogP contribution in [0.15, 0.2) is 0 Å². The second kappa shape index (κ2) is 22.5. The molecule has 7 N–H and O–H groups in total. The fourth-order valence-electron chi connectivity index (χ4n) is 5.59. The second-order valence-electron chi connectivity index (χ2n) is 14.2. The molecular formula is C35H63N5O9. The number of nitrogens with one attached hydrogen (secondary N) is 5. The summed E-state index contributed by atoms with van der Waals surface area (Å²) in [5, 5.41) is 33.3. The molecule has 5 amide bonds. The molecule has 1 fully saturated rings. The number of rotatable bonds is 14. The van der Waals surface area contributed by atoms with Crippen molar-refractivity contribution in [2.24, 2.45) is 17.8 Å². The number of esters is 1. The molecule has 0 saturated carbocycles.